The summed E-state index contributed by atoms with van der Waals surface area (Å²) in [6.07, 6.45) is 3.55. The Morgan fingerprint density at radius 1 is 1.06 bits per heavy atom. The zero-order valence-electron chi connectivity index (χ0n) is 20.6. The molecule has 1 fully saturated rings. The van der Waals surface area contributed by atoms with Gasteiger partial charge in [-0.2, -0.15) is 0 Å². The second-order valence-electron chi connectivity index (χ2n) is 9.16. The van der Waals surface area contributed by atoms with Gasteiger partial charge in [0.25, 0.3) is 5.91 Å². The molecule has 1 saturated heterocycles. The second-order valence-corrected chi connectivity index (χ2v) is 10.0. The van der Waals surface area contributed by atoms with E-state index in [2.05, 4.69) is 49.6 Å². The van der Waals surface area contributed by atoms with E-state index in [1.807, 2.05) is 54.8 Å². The molecule has 1 amide bonds. The number of piperazine rings is 1. The van der Waals surface area contributed by atoms with Crippen molar-refractivity contribution in [1.29, 1.82) is 0 Å². The monoisotopic (exact) mass is 498 g/mol. The molecule has 2 aromatic carbocycles. The number of rotatable bonds is 7. The maximum absolute atomic E-state index is 13.0. The largest absolute Gasteiger partial charge is 0.331 e. The predicted molar refractivity (Wildman–Crippen MR) is 147 cm³/mol. The van der Waals surface area contributed by atoms with Crippen molar-refractivity contribution >= 4 is 33.8 Å². The summed E-state index contributed by atoms with van der Waals surface area (Å²) in [4.78, 5) is 26.6. The summed E-state index contributed by atoms with van der Waals surface area (Å²) in [7, 11) is 2.17. The summed E-state index contributed by atoms with van der Waals surface area (Å²) in [6.45, 7) is 7.34. The third kappa shape index (κ3) is 5.96. The van der Waals surface area contributed by atoms with Crippen molar-refractivity contribution < 1.29 is 4.79 Å². The SMILES string of the molecule is Cc1ccc(C(=O)Nc2ccc(CN3CCN(C)CC3)cc2)cc1Nc1nc(-c2cccnc2)cs1. The summed E-state index contributed by atoms with van der Waals surface area (Å²) >= 11 is 1.52. The molecule has 0 atom stereocenters. The summed E-state index contributed by atoms with van der Waals surface area (Å²) in [5.41, 5.74) is 6.38. The number of aryl methyl sites for hydroxylation is 1. The number of likely N-dealkylation sites (N-methyl/N-ethyl adjacent to an activating group) is 1. The van der Waals surface area contributed by atoms with E-state index in [1.165, 1.54) is 16.9 Å². The number of anilines is 3. The van der Waals surface area contributed by atoms with E-state index in [-0.39, 0.29) is 5.91 Å². The molecular weight excluding hydrogens is 468 g/mol. The fraction of sp³-hybridized carbons (Fsp3) is 0.250. The highest BCUT2D eigenvalue weighted by Gasteiger charge is 2.14. The average molecular weight is 499 g/mol. The van der Waals surface area contributed by atoms with E-state index >= 15 is 0 Å². The Morgan fingerprint density at radius 3 is 2.61 bits per heavy atom. The van der Waals surface area contributed by atoms with Crippen molar-refractivity contribution in [1.82, 2.24) is 19.8 Å². The Morgan fingerprint density at radius 2 is 1.86 bits per heavy atom. The standard InChI is InChI=1S/C28H30N6OS/c1-20-5-8-22(16-25(20)31-28-32-26(19-36-28)23-4-3-11-29-17-23)27(35)30-24-9-6-21(7-10-24)18-34-14-12-33(2)13-15-34/h3-11,16-17,19H,12-15,18H2,1-2H3,(H,30,35)(H,31,32). The molecule has 0 bridgehead atoms. The summed E-state index contributed by atoms with van der Waals surface area (Å²) in [5.74, 6) is -0.139. The van der Waals surface area contributed by atoms with E-state index in [0.29, 0.717) is 5.56 Å². The van der Waals surface area contributed by atoms with E-state index in [4.69, 9.17) is 0 Å². The van der Waals surface area contributed by atoms with E-state index in [1.54, 1.807) is 12.4 Å². The molecule has 1 aliphatic rings. The van der Waals surface area contributed by atoms with Crippen molar-refractivity contribution in [3.63, 3.8) is 0 Å². The van der Waals surface area contributed by atoms with Crippen LogP contribution in [0.5, 0.6) is 0 Å². The Hall–Kier alpha value is -3.59. The summed E-state index contributed by atoms with van der Waals surface area (Å²) in [6, 6.07) is 17.7. The minimum Gasteiger partial charge on any atom is -0.331 e. The summed E-state index contributed by atoms with van der Waals surface area (Å²) < 4.78 is 0. The topological polar surface area (TPSA) is 73.4 Å². The lowest BCUT2D eigenvalue weighted by atomic mass is 10.1. The van der Waals surface area contributed by atoms with Crippen LogP contribution < -0.4 is 10.6 Å². The fourth-order valence-electron chi connectivity index (χ4n) is 4.15. The Kier molecular flexibility index (Phi) is 7.36. The number of benzene rings is 2. The summed E-state index contributed by atoms with van der Waals surface area (Å²) in [5, 5.41) is 9.16. The molecule has 5 rings (SSSR count). The molecule has 3 heterocycles. The fourth-order valence-corrected chi connectivity index (χ4v) is 4.88. The number of hydrogen-bond donors (Lipinski definition) is 2. The van der Waals surface area contributed by atoms with Gasteiger partial charge in [0.2, 0.25) is 0 Å². The van der Waals surface area contributed by atoms with Crippen LogP contribution in [0.25, 0.3) is 11.3 Å². The molecule has 4 aromatic rings. The molecule has 2 N–H and O–H groups in total. The Balaban J connectivity index is 1.22. The quantitative estimate of drug-likeness (QED) is 0.362. The molecule has 0 radical (unpaired) electrons. The van der Waals surface area contributed by atoms with Crippen molar-refractivity contribution in [3.8, 4) is 11.3 Å². The number of hydrogen-bond acceptors (Lipinski definition) is 7. The van der Waals surface area contributed by atoms with Crippen molar-refractivity contribution in [2.24, 2.45) is 0 Å². The van der Waals surface area contributed by atoms with Crippen LogP contribution in [0, 0.1) is 6.92 Å². The van der Waals surface area contributed by atoms with E-state index < -0.39 is 0 Å². The van der Waals surface area contributed by atoms with Gasteiger partial charge in [0.05, 0.1) is 5.69 Å². The van der Waals surface area contributed by atoms with Gasteiger partial charge in [0, 0.05) is 73.0 Å². The second kappa shape index (κ2) is 11.0. The number of nitrogens with zero attached hydrogens (tertiary/aromatic N) is 4. The van der Waals surface area contributed by atoms with Gasteiger partial charge < -0.3 is 15.5 Å². The Labute approximate surface area is 215 Å². The van der Waals surface area contributed by atoms with Crippen LogP contribution in [0.15, 0.2) is 72.4 Å². The molecule has 0 unspecified atom stereocenters. The van der Waals surface area contributed by atoms with Crippen molar-refractivity contribution in [2.75, 3.05) is 43.9 Å². The average Bonchev–Trinajstić information content (AvgIpc) is 3.37. The molecule has 0 aliphatic carbocycles. The number of thiazole rings is 1. The number of aromatic nitrogens is 2. The van der Waals surface area contributed by atoms with Gasteiger partial charge in [-0.3, -0.25) is 14.7 Å². The van der Waals surface area contributed by atoms with Gasteiger partial charge in [0.15, 0.2) is 5.13 Å². The zero-order valence-corrected chi connectivity index (χ0v) is 21.4. The van der Waals surface area contributed by atoms with Gasteiger partial charge in [-0.05, 0) is 61.5 Å². The predicted octanol–water partition coefficient (Wildman–Crippen LogP) is 5.26. The van der Waals surface area contributed by atoms with E-state index in [9.17, 15) is 4.79 Å². The third-order valence-corrected chi connectivity index (χ3v) is 7.17. The first-order chi connectivity index (χ1) is 17.5. The molecule has 184 valence electrons. The highest BCUT2D eigenvalue weighted by Crippen LogP contribution is 2.28. The van der Waals surface area contributed by atoms with Crippen LogP contribution in [0.2, 0.25) is 0 Å². The molecule has 0 spiro atoms. The molecule has 0 saturated carbocycles. The van der Waals surface area contributed by atoms with Gasteiger partial charge in [-0.25, -0.2) is 4.98 Å². The highest BCUT2D eigenvalue weighted by atomic mass is 32.1. The molecule has 2 aromatic heterocycles. The van der Waals surface area contributed by atoms with E-state index in [0.717, 1.165) is 66.1 Å². The molecule has 7 nitrogen and oxygen atoms in total. The maximum atomic E-state index is 13.0. The maximum Gasteiger partial charge on any atom is 0.255 e. The van der Waals surface area contributed by atoms with Crippen LogP contribution in [0.4, 0.5) is 16.5 Å². The minimum absolute atomic E-state index is 0.139. The molecule has 1 aliphatic heterocycles. The number of nitrogens with one attached hydrogen (secondary N) is 2. The van der Waals surface area contributed by atoms with Gasteiger partial charge in [-0.1, -0.05) is 18.2 Å². The lowest BCUT2D eigenvalue weighted by Gasteiger charge is -2.32. The van der Waals surface area contributed by atoms with Crippen LogP contribution in [-0.4, -0.2) is 58.9 Å². The normalized spacial score (nSPS) is 14.5. The van der Waals surface area contributed by atoms with Crippen LogP contribution in [0.1, 0.15) is 21.5 Å². The van der Waals surface area contributed by atoms with Crippen molar-refractivity contribution in [2.45, 2.75) is 13.5 Å². The minimum atomic E-state index is -0.139. The van der Waals surface area contributed by atoms with Crippen molar-refractivity contribution in [3.05, 3.63) is 89.1 Å². The number of carbonyl (C=O) groups excluding carboxylic acids is 1. The van der Waals surface area contributed by atoms with Gasteiger partial charge in [0.1, 0.15) is 0 Å². The molecular formula is C28H30N6OS. The first-order valence-corrected chi connectivity index (χ1v) is 13.0. The van der Waals surface area contributed by atoms with Crippen LogP contribution in [0.3, 0.4) is 0 Å². The first-order valence-electron chi connectivity index (χ1n) is 12.1. The first kappa shape index (κ1) is 24.1. The van der Waals surface area contributed by atoms with Crippen LogP contribution >= 0.6 is 11.3 Å². The number of carbonyl (C=O) groups is 1. The zero-order chi connectivity index (χ0) is 24.9. The number of pyridine rings is 1. The lowest BCUT2D eigenvalue weighted by molar-refractivity contribution is 0.102. The molecule has 36 heavy (non-hydrogen) atoms. The van der Waals surface area contributed by atoms with Crippen LogP contribution in [-0.2, 0) is 6.54 Å². The van der Waals surface area contributed by atoms with Gasteiger partial charge in [-0.15, -0.1) is 11.3 Å². The number of amides is 1. The third-order valence-electron chi connectivity index (χ3n) is 6.42. The highest BCUT2D eigenvalue weighted by molar-refractivity contribution is 7.14. The lowest BCUT2D eigenvalue weighted by Crippen LogP contribution is -2.43. The Bertz CT molecular complexity index is 1310. The van der Waals surface area contributed by atoms with Gasteiger partial charge >= 0.3 is 0 Å². The smallest absolute Gasteiger partial charge is 0.255 e. The molecule has 8 heteroatoms.